The summed E-state index contributed by atoms with van der Waals surface area (Å²) in [7, 11) is 3.11. The number of hydrogen-bond acceptors (Lipinski definition) is 3. The van der Waals surface area contributed by atoms with Crippen molar-refractivity contribution in [2.45, 2.75) is 6.04 Å². The molecule has 0 bridgehead atoms. The Balaban J connectivity index is 2.55. The fourth-order valence-corrected chi connectivity index (χ4v) is 3.26. The highest BCUT2D eigenvalue weighted by Gasteiger charge is 2.21. The number of rotatable bonds is 4. The van der Waals surface area contributed by atoms with Gasteiger partial charge in [0.15, 0.2) is 0 Å². The Kier molecular flexibility index (Phi) is 5.60. The fourth-order valence-electron chi connectivity index (χ4n) is 2.08. The second-order valence-electron chi connectivity index (χ2n) is 4.35. The lowest BCUT2D eigenvalue weighted by molar-refractivity contribution is 0.390. The standard InChI is InChI=1S/C15H14Cl2INO2/c1-20-12-6-4-9(15(21-2)13(12)17)14(19)10-7-8(16)3-5-11(10)18/h3-7,14H,19H2,1-2H3. The van der Waals surface area contributed by atoms with E-state index in [1.807, 2.05) is 24.3 Å². The van der Waals surface area contributed by atoms with Crippen molar-refractivity contribution in [3.63, 3.8) is 0 Å². The zero-order valence-corrected chi connectivity index (χ0v) is 15.2. The van der Waals surface area contributed by atoms with Crippen LogP contribution in [0.25, 0.3) is 0 Å². The van der Waals surface area contributed by atoms with Gasteiger partial charge in [-0.3, -0.25) is 0 Å². The molecule has 6 heteroatoms. The average Bonchev–Trinajstić information content (AvgIpc) is 2.48. The van der Waals surface area contributed by atoms with Gasteiger partial charge < -0.3 is 15.2 Å². The number of methoxy groups -OCH3 is 2. The van der Waals surface area contributed by atoms with E-state index in [2.05, 4.69) is 22.6 Å². The van der Waals surface area contributed by atoms with Crippen LogP contribution >= 0.6 is 45.8 Å². The molecule has 0 radical (unpaired) electrons. The minimum atomic E-state index is -0.394. The molecule has 1 atom stereocenters. The fraction of sp³-hybridized carbons (Fsp3) is 0.200. The molecule has 0 aromatic heterocycles. The van der Waals surface area contributed by atoms with Crippen LogP contribution in [0.4, 0.5) is 0 Å². The Hall–Kier alpha value is -0.690. The van der Waals surface area contributed by atoms with Crippen LogP contribution in [0.15, 0.2) is 30.3 Å². The van der Waals surface area contributed by atoms with E-state index in [1.165, 1.54) is 0 Å². The summed E-state index contributed by atoms with van der Waals surface area (Å²) in [6, 6.07) is 8.84. The third-order valence-electron chi connectivity index (χ3n) is 3.14. The normalized spacial score (nSPS) is 12.1. The highest BCUT2D eigenvalue weighted by Crippen LogP contribution is 2.41. The Morgan fingerprint density at radius 2 is 1.76 bits per heavy atom. The summed E-state index contributed by atoms with van der Waals surface area (Å²) in [6.07, 6.45) is 0. The number of halogens is 3. The van der Waals surface area contributed by atoms with Crippen molar-refractivity contribution >= 4 is 45.8 Å². The van der Waals surface area contributed by atoms with E-state index in [9.17, 15) is 0 Å². The van der Waals surface area contributed by atoms with Crippen LogP contribution in [0.3, 0.4) is 0 Å². The third kappa shape index (κ3) is 3.39. The Morgan fingerprint density at radius 1 is 1.05 bits per heavy atom. The van der Waals surface area contributed by atoms with Crippen molar-refractivity contribution < 1.29 is 9.47 Å². The van der Waals surface area contributed by atoms with Gasteiger partial charge in [-0.2, -0.15) is 0 Å². The summed E-state index contributed by atoms with van der Waals surface area (Å²) in [5.41, 5.74) is 8.08. The van der Waals surface area contributed by atoms with Gasteiger partial charge in [-0.1, -0.05) is 23.2 Å². The zero-order valence-electron chi connectivity index (χ0n) is 11.5. The molecule has 0 aliphatic carbocycles. The van der Waals surface area contributed by atoms with E-state index < -0.39 is 6.04 Å². The summed E-state index contributed by atoms with van der Waals surface area (Å²) >= 11 is 14.6. The highest BCUT2D eigenvalue weighted by atomic mass is 127. The van der Waals surface area contributed by atoms with Crippen molar-refractivity contribution in [2.75, 3.05) is 14.2 Å². The Morgan fingerprint density at radius 3 is 2.38 bits per heavy atom. The van der Waals surface area contributed by atoms with Gasteiger partial charge in [-0.25, -0.2) is 0 Å². The molecule has 0 fully saturated rings. The predicted molar refractivity (Wildman–Crippen MR) is 94.8 cm³/mol. The first-order valence-corrected chi connectivity index (χ1v) is 7.94. The van der Waals surface area contributed by atoms with E-state index in [-0.39, 0.29) is 0 Å². The Bertz CT molecular complexity index is 664. The second kappa shape index (κ2) is 7.05. The first-order valence-electron chi connectivity index (χ1n) is 6.10. The maximum atomic E-state index is 6.38. The monoisotopic (exact) mass is 437 g/mol. The van der Waals surface area contributed by atoms with Crippen molar-refractivity contribution in [2.24, 2.45) is 5.73 Å². The largest absolute Gasteiger partial charge is 0.495 e. The molecule has 3 nitrogen and oxygen atoms in total. The van der Waals surface area contributed by atoms with Gasteiger partial charge in [0.2, 0.25) is 0 Å². The van der Waals surface area contributed by atoms with E-state index in [4.69, 9.17) is 38.4 Å². The molecule has 2 rings (SSSR count). The zero-order chi connectivity index (χ0) is 15.6. The van der Waals surface area contributed by atoms with Crippen molar-refractivity contribution in [3.8, 4) is 11.5 Å². The van der Waals surface area contributed by atoms with Crippen LogP contribution in [0, 0.1) is 3.57 Å². The van der Waals surface area contributed by atoms with Crippen LogP contribution in [-0.2, 0) is 0 Å². The molecule has 0 aliphatic heterocycles. The molecule has 0 saturated heterocycles. The second-order valence-corrected chi connectivity index (χ2v) is 6.32. The lowest BCUT2D eigenvalue weighted by Crippen LogP contribution is -2.15. The summed E-state index contributed by atoms with van der Waals surface area (Å²) in [6.45, 7) is 0. The van der Waals surface area contributed by atoms with Crippen LogP contribution in [0.5, 0.6) is 11.5 Å². The number of nitrogens with two attached hydrogens (primary N) is 1. The third-order valence-corrected chi connectivity index (χ3v) is 4.72. The summed E-state index contributed by atoms with van der Waals surface area (Å²) in [5, 5.41) is 1.05. The highest BCUT2D eigenvalue weighted by molar-refractivity contribution is 14.1. The quantitative estimate of drug-likeness (QED) is 0.707. The molecular formula is C15H14Cl2INO2. The lowest BCUT2D eigenvalue weighted by Gasteiger charge is -2.19. The summed E-state index contributed by atoms with van der Waals surface area (Å²) < 4.78 is 11.6. The van der Waals surface area contributed by atoms with Crippen LogP contribution in [-0.4, -0.2) is 14.2 Å². The molecule has 0 aliphatic rings. The van der Waals surface area contributed by atoms with Gasteiger partial charge in [0.25, 0.3) is 0 Å². The molecular weight excluding hydrogens is 424 g/mol. The van der Waals surface area contributed by atoms with E-state index >= 15 is 0 Å². The number of ether oxygens (including phenoxy) is 2. The van der Waals surface area contributed by atoms with Gasteiger partial charge in [0.1, 0.15) is 16.5 Å². The van der Waals surface area contributed by atoms with E-state index in [0.717, 1.165) is 14.7 Å². The molecule has 0 saturated carbocycles. The van der Waals surface area contributed by atoms with Crippen LogP contribution in [0.2, 0.25) is 10.0 Å². The van der Waals surface area contributed by atoms with Gasteiger partial charge in [0, 0.05) is 14.2 Å². The number of benzene rings is 2. The van der Waals surface area contributed by atoms with Gasteiger partial charge in [0.05, 0.1) is 20.3 Å². The smallest absolute Gasteiger partial charge is 0.146 e. The van der Waals surface area contributed by atoms with Crippen molar-refractivity contribution in [1.29, 1.82) is 0 Å². The van der Waals surface area contributed by atoms with Crippen molar-refractivity contribution in [1.82, 2.24) is 0 Å². The molecule has 112 valence electrons. The molecule has 1 unspecified atom stereocenters. The van der Waals surface area contributed by atoms with E-state index in [1.54, 1.807) is 20.3 Å². The Labute approximate surface area is 147 Å². The molecule has 0 amide bonds. The van der Waals surface area contributed by atoms with Gasteiger partial charge in [-0.05, 0) is 58.5 Å². The minimum Gasteiger partial charge on any atom is -0.495 e. The maximum absolute atomic E-state index is 6.38. The van der Waals surface area contributed by atoms with Crippen LogP contribution < -0.4 is 15.2 Å². The van der Waals surface area contributed by atoms with E-state index in [0.29, 0.717) is 21.5 Å². The molecule has 2 aromatic carbocycles. The van der Waals surface area contributed by atoms with Gasteiger partial charge >= 0.3 is 0 Å². The minimum absolute atomic E-state index is 0.394. The molecule has 2 aromatic rings. The molecule has 0 heterocycles. The van der Waals surface area contributed by atoms with Gasteiger partial charge in [-0.15, -0.1) is 0 Å². The SMILES string of the molecule is COc1ccc(C(N)c2cc(Cl)ccc2I)c(OC)c1Cl. The molecule has 0 spiro atoms. The van der Waals surface area contributed by atoms with Crippen molar-refractivity contribution in [3.05, 3.63) is 55.1 Å². The topological polar surface area (TPSA) is 44.5 Å². The van der Waals surface area contributed by atoms with Crippen LogP contribution in [0.1, 0.15) is 17.2 Å². The first-order chi connectivity index (χ1) is 9.99. The summed E-state index contributed by atoms with van der Waals surface area (Å²) in [5.74, 6) is 1.06. The average molecular weight is 438 g/mol. The first kappa shape index (κ1) is 16.7. The molecule has 2 N–H and O–H groups in total. The number of hydrogen-bond donors (Lipinski definition) is 1. The summed E-state index contributed by atoms with van der Waals surface area (Å²) in [4.78, 5) is 0. The molecule has 21 heavy (non-hydrogen) atoms. The maximum Gasteiger partial charge on any atom is 0.146 e. The lowest BCUT2D eigenvalue weighted by atomic mass is 9.98. The predicted octanol–water partition coefficient (Wildman–Crippen LogP) is 4.66.